The van der Waals surface area contributed by atoms with Gasteiger partial charge in [-0.1, -0.05) is 24.3 Å². The predicted molar refractivity (Wildman–Crippen MR) is 86.6 cm³/mol. The van der Waals surface area contributed by atoms with Gasteiger partial charge in [0.15, 0.2) is 0 Å². The summed E-state index contributed by atoms with van der Waals surface area (Å²) < 4.78 is 0. The van der Waals surface area contributed by atoms with E-state index in [2.05, 4.69) is 38.8 Å². The van der Waals surface area contributed by atoms with Crippen LogP contribution in [0.4, 0.5) is 5.82 Å². The van der Waals surface area contributed by atoms with Crippen LogP contribution in [0.5, 0.6) is 0 Å². The maximum atomic E-state index is 9.13. The molecule has 0 spiro atoms. The normalized spacial score (nSPS) is 17.5. The molecule has 22 heavy (non-hydrogen) atoms. The highest BCUT2D eigenvalue weighted by atomic mass is 16.3. The van der Waals surface area contributed by atoms with Crippen molar-refractivity contribution in [3.8, 4) is 0 Å². The van der Waals surface area contributed by atoms with Crippen LogP contribution in [0.1, 0.15) is 24.1 Å². The van der Waals surface area contributed by atoms with Crippen LogP contribution in [0.25, 0.3) is 0 Å². The molecule has 5 heteroatoms. The Hall–Kier alpha value is -1.98. The average molecular weight is 298 g/mol. The van der Waals surface area contributed by atoms with Crippen molar-refractivity contribution in [1.82, 2.24) is 14.9 Å². The second-order valence-electron chi connectivity index (χ2n) is 5.67. The van der Waals surface area contributed by atoms with Gasteiger partial charge in [0, 0.05) is 38.4 Å². The molecule has 1 unspecified atom stereocenters. The minimum Gasteiger partial charge on any atom is -0.392 e. The lowest BCUT2D eigenvalue weighted by atomic mass is 10.0. The fourth-order valence-corrected chi connectivity index (χ4v) is 2.92. The first-order chi connectivity index (χ1) is 10.8. The summed E-state index contributed by atoms with van der Waals surface area (Å²) in [7, 11) is 0. The van der Waals surface area contributed by atoms with Crippen LogP contribution < -0.4 is 4.90 Å². The number of aliphatic hydroxyl groups excluding tert-OH is 1. The van der Waals surface area contributed by atoms with Gasteiger partial charge in [-0.05, 0) is 24.1 Å². The van der Waals surface area contributed by atoms with E-state index < -0.39 is 0 Å². The number of nitrogens with zero attached hydrogens (tertiary/aromatic N) is 4. The third kappa shape index (κ3) is 3.26. The second kappa shape index (κ2) is 6.85. The first-order valence-electron chi connectivity index (χ1n) is 7.72. The lowest BCUT2D eigenvalue weighted by Gasteiger charge is -2.38. The number of hydrogen-bond acceptors (Lipinski definition) is 5. The lowest BCUT2D eigenvalue weighted by molar-refractivity contribution is 0.198. The van der Waals surface area contributed by atoms with E-state index in [0.717, 1.165) is 37.6 Å². The number of aliphatic hydroxyl groups is 1. The highest BCUT2D eigenvalue weighted by Crippen LogP contribution is 2.23. The van der Waals surface area contributed by atoms with Crippen LogP contribution in [-0.4, -0.2) is 46.2 Å². The van der Waals surface area contributed by atoms with Gasteiger partial charge in [-0.15, -0.1) is 0 Å². The first-order valence-corrected chi connectivity index (χ1v) is 7.72. The van der Waals surface area contributed by atoms with Crippen molar-refractivity contribution >= 4 is 5.82 Å². The minimum absolute atomic E-state index is 0.103. The molecule has 2 heterocycles. The summed E-state index contributed by atoms with van der Waals surface area (Å²) in [6.07, 6.45) is 3.40. The Labute approximate surface area is 131 Å². The molecular weight excluding hydrogens is 276 g/mol. The summed E-state index contributed by atoms with van der Waals surface area (Å²) in [5, 5.41) is 9.13. The van der Waals surface area contributed by atoms with Crippen molar-refractivity contribution in [2.75, 3.05) is 31.1 Å². The number of rotatable bonds is 4. The molecule has 0 amide bonds. The average Bonchev–Trinajstić information content (AvgIpc) is 2.62. The molecule has 1 fully saturated rings. The fraction of sp³-hybridized carbons (Fsp3) is 0.412. The second-order valence-corrected chi connectivity index (χ2v) is 5.67. The molecule has 1 N–H and O–H groups in total. The summed E-state index contributed by atoms with van der Waals surface area (Å²) in [5.41, 5.74) is 2.26. The van der Waals surface area contributed by atoms with Crippen LogP contribution in [0, 0.1) is 0 Å². The number of benzene rings is 1. The smallest absolute Gasteiger partial charge is 0.131 e. The molecule has 0 bridgehead atoms. The molecule has 5 nitrogen and oxygen atoms in total. The number of hydrogen-bond donors (Lipinski definition) is 1. The molecule has 1 aromatic carbocycles. The molecule has 1 atom stereocenters. The predicted octanol–water partition coefficient (Wildman–Crippen LogP) is 1.85. The van der Waals surface area contributed by atoms with Crippen LogP contribution in [-0.2, 0) is 6.61 Å². The molecule has 0 radical (unpaired) electrons. The molecule has 116 valence electrons. The van der Waals surface area contributed by atoms with Crippen LogP contribution >= 0.6 is 0 Å². The molecule has 1 aliphatic heterocycles. The van der Waals surface area contributed by atoms with Crippen molar-refractivity contribution in [3.05, 3.63) is 54.0 Å². The van der Waals surface area contributed by atoms with Crippen molar-refractivity contribution in [3.63, 3.8) is 0 Å². The molecule has 0 aliphatic carbocycles. The Morgan fingerprint density at radius 3 is 2.41 bits per heavy atom. The third-order valence-corrected chi connectivity index (χ3v) is 4.40. The Bertz CT molecular complexity index is 579. The molecular formula is C17H22N4O. The van der Waals surface area contributed by atoms with Gasteiger partial charge in [-0.3, -0.25) is 4.90 Å². The quantitative estimate of drug-likeness (QED) is 0.933. The van der Waals surface area contributed by atoms with Gasteiger partial charge in [0.2, 0.25) is 0 Å². The first kappa shape index (κ1) is 14.9. The maximum Gasteiger partial charge on any atom is 0.131 e. The van der Waals surface area contributed by atoms with Crippen LogP contribution in [0.3, 0.4) is 0 Å². The Morgan fingerprint density at radius 1 is 1.09 bits per heavy atom. The van der Waals surface area contributed by atoms with E-state index in [1.54, 1.807) is 12.5 Å². The van der Waals surface area contributed by atoms with Crippen molar-refractivity contribution in [1.29, 1.82) is 0 Å². The van der Waals surface area contributed by atoms with E-state index in [1.165, 1.54) is 5.56 Å². The summed E-state index contributed by atoms with van der Waals surface area (Å²) in [6.45, 7) is 6.35. The van der Waals surface area contributed by atoms with Gasteiger partial charge >= 0.3 is 0 Å². The number of piperazine rings is 1. The zero-order chi connectivity index (χ0) is 15.4. The van der Waals surface area contributed by atoms with Gasteiger partial charge in [-0.2, -0.15) is 0 Å². The highest BCUT2D eigenvalue weighted by molar-refractivity contribution is 5.37. The SMILES string of the molecule is CC(c1ccc(CO)cc1)N1CCN(c2ccncn2)CC1. The zero-order valence-corrected chi connectivity index (χ0v) is 12.9. The van der Waals surface area contributed by atoms with Crippen LogP contribution in [0.2, 0.25) is 0 Å². The standard InChI is InChI=1S/C17H22N4O/c1-14(16-4-2-15(12-22)3-5-16)20-8-10-21(11-9-20)17-6-7-18-13-19-17/h2-7,13-14,22H,8-12H2,1H3. The van der Waals surface area contributed by atoms with Crippen molar-refractivity contribution in [2.24, 2.45) is 0 Å². The van der Waals surface area contributed by atoms with E-state index in [4.69, 9.17) is 5.11 Å². The molecule has 1 aliphatic rings. The monoisotopic (exact) mass is 298 g/mol. The molecule has 2 aromatic rings. The number of anilines is 1. The Morgan fingerprint density at radius 2 is 1.82 bits per heavy atom. The highest BCUT2D eigenvalue weighted by Gasteiger charge is 2.22. The van der Waals surface area contributed by atoms with Crippen LogP contribution in [0.15, 0.2) is 42.9 Å². The number of aromatic nitrogens is 2. The zero-order valence-electron chi connectivity index (χ0n) is 12.9. The summed E-state index contributed by atoms with van der Waals surface area (Å²) in [5.74, 6) is 1.01. The van der Waals surface area contributed by atoms with E-state index >= 15 is 0 Å². The Balaban J connectivity index is 1.60. The van der Waals surface area contributed by atoms with Gasteiger partial charge < -0.3 is 10.0 Å². The molecule has 1 aromatic heterocycles. The lowest BCUT2D eigenvalue weighted by Crippen LogP contribution is -2.47. The topological polar surface area (TPSA) is 52.5 Å². The fourth-order valence-electron chi connectivity index (χ4n) is 2.92. The summed E-state index contributed by atoms with van der Waals surface area (Å²) in [6, 6.07) is 10.6. The minimum atomic E-state index is 0.103. The van der Waals surface area contributed by atoms with Gasteiger partial charge in [0.25, 0.3) is 0 Å². The van der Waals surface area contributed by atoms with Crippen molar-refractivity contribution in [2.45, 2.75) is 19.6 Å². The van der Waals surface area contributed by atoms with Crippen molar-refractivity contribution < 1.29 is 5.11 Å². The third-order valence-electron chi connectivity index (χ3n) is 4.40. The molecule has 1 saturated heterocycles. The van der Waals surface area contributed by atoms with E-state index in [9.17, 15) is 0 Å². The largest absolute Gasteiger partial charge is 0.392 e. The molecule has 0 saturated carbocycles. The van der Waals surface area contributed by atoms with E-state index in [-0.39, 0.29) is 6.61 Å². The summed E-state index contributed by atoms with van der Waals surface area (Å²) >= 11 is 0. The van der Waals surface area contributed by atoms with E-state index in [1.807, 2.05) is 18.2 Å². The van der Waals surface area contributed by atoms with E-state index in [0.29, 0.717) is 6.04 Å². The van der Waals surface area contributed by atoms with Gasteiger partial charge in [0.05, 0.1) is 6.61 Å². The molecule has 3 rings (SSSR count). The summed E-state index contributed by atoms with van der Waals surface area (Å²) in [4.78, 5) is 13.1. The van der Waals surface area contributed by atoms with Gasteiger partial charge in [0.1, 0.15) is 12.1 Å². The van der Waals surface area contributed by atoms with Gasteiger partial charge in [-0.25, -0.2) is 9.97 Å². The maximum absolute atomic E-state index is 9.13. The Kier molecular flexibility index (Phi) is 4.65.